The Morgan fingerprint density at radius 2 is 0.852 bits per heavy atom. The minimum atomic E-state index is -1.70. The molecule has 0 fully saturated rings. The SMILES string of the molecule is CCCC[Si](CCCC)(OC)C(C)SC(C)[Si](CCCC)(CCCC)OC. The zero-order valence-electron chi connectivity index (χ0n) is 19.9. The molecular weight excluding hydrogens is 384 g/mol. The predicted octanol–water partition coefficient (Wildman–Crippen LogP) is 7.96. The minimum Gasteiger partial charge on any atom is -0.419 e. The predicted molar refractivity (Wildman–Crippen MR) is 131 cm³/mol. The molecule has 0 aliphatic carbocycles. The van der Waals surface area contributed by atoms with E-state index in [0.29, 0.717) is 9.75 Å². The lowest BCUT2D eigenvalue weighted by Crippen LogP contribution is -2.52. The van der Waals surface area contributed by atoms with Gasteiger partial charge in [0.15, 0.2) is 0 Å². The maximum atomic E-state index is 6.41. The van der Waals surface area contributed by atoms with E-state index in [4.69, 9.17) is 8.85 Å². The average Bonchev–Trinajstić information content (AvgIpc) is 2.69. The first-order valence-corrected chi connectivity index (χ1v) is 17.4. The van der Waals surface area contributed by atoms with E-state index in [1.54, 1.807) is 0 Å². The van der Waals surface area contributed by atoms with E-state index < -0.39 is 16.6 Å². The van der Waals surface area contributed by atoms with Gasteiger partial charge >= 0.3 is 0 Å². The summed E-state index contributed by atoms with van der Waals surface area (Å²) in [6, 6.07) is 5.30. The first kappa shape index (κ1) is 27.7. The first-order valence-electron chi connectivity index (χ1n) is 11.7. The Labute approximate surface area is 178 Å². The highest BCUT2D eigenvalue weighted by atomic mass is 32.2. The van der Waals surface area contributed by atoms with Gasteiger partial charge < -0.3 is 8.85 Å². The van der Waals surface area contributed by atoms with Crippen LogP contribution in [0.4, 0.5) is 0 Å². The second-order valence-corrected chi connectivity index (χ2v) is 19.7. The molecule has 0 aromatic rings. The molecule has 0 N–H and O–H groups in total. The van der Waals surface area contributed by atoms with E-state index in [-0.39, 0.29) is 0 Å². The molecule has 5 heteroatoms. The summed E-state index contributed by atoms with van der Waals surface area (Å²) in [7, 11) is 0.613. The average molecular weight is 435 g/mol. The van der Waals surface area contributed by atoms with E-state index >= 15 is 0 Å². The molecule has 164 valence electrons. The van der Waals surface area contributed by atoms with E-state index in [1.807, 2.05) is 14.2 Å². The molecule has 0 aromatic heterocycles. The normalized spacial score (nSPS) is 15.1. The van der Waals surface area contributed by atoms with Crippen LogP contribution in [-0.2, 0) is 8.85 Å². The molecular formula is C22H50O2SSi2. The van der Waals surface area contributed by atoms with Gasteiger partial charge in [0.2, 0.25) is 16.6 Å². The lowest BCUT2D eigenvalue weighted by Gasteiger charge is -2.41. The second-order valence-electron chi connectivity index (χ2n) is 8.37. The largest absolute Gasteiger partial charge is 0.419 e. The van der Waals surface area contributed by atoms with Crippen LogP contribution in [0.5, 0.6) is 0 Å². The van der Waals surface area contributed by atoms with Crippen molar-refractivity contribution in [3.8, 4) is 0 Å². The molecule has 0 radical (unpaired) electrons. The van der Waals surface area contributed by atoms with Gasteiger partial charge in [-0.1, -0.05) is 92.9 Å². The third-order valence-electron chi connectivity index (χ3n) is 6.52. The number of unbranched alkanes of at least 4 members (excludes halogenated alkanes) is 4. The molecule has 0 amide bonds. The summed E-state index contributed by atoms with van der Waals surface area (Å²) in [5, 5.41) is 0. The van der Waals surface area contributed by atoms with Gasteiger partial charge in [0.25, 0.3) is 0 Å². The fraction of sp³-hybridized carbons (Fsp3) is 1.00. The third kappa shape index (κ3) is 8.94. The van der Waals surface area contributed by atoms with E-state index in [2.05, 4.69) is 53.3 Å². The van der Waals surface area contributed by atoms with Crippen molar-refractivity contribution in [1.29, 1.82) is 0 Å². The van der Waals surface area contributed by atoms with Crippen molar-refractivity contribution in [3.63, 3.8) is 0 Å². The maximum Gasteiger partial charge on any atom is 0.204 e. The Morgan fingerprint density at radius 3 is 1.04 bits per heavy atom. The van der Waals surface area contributed by atoms with E-state index in [0.717, 1.165) is 0 Å². The van der Waals surface area contributed by atoms with Gasteiger partial charge in [-0.25, -0.2) is 0 Å². The van der Waals surface area contributed by atoms with Crippen LogP contribution in [0.25, 0.3) is 0 Å². The van der Waals surface area contributed by atoms with Gasteiger partial charge in [-0.05, 0) is 24.2 Å². The third-order valence-corrected chi connectivity index (χ3v) is 20.1. The summed E-state index contributed by atoms with van der Waals surface area (Å²) in [5.41, 5.74) is 0. The van der Waals surface area contributed by atoms with Gasteiger partial charge in [0.05, 0.1) is 0 Å². The lowest BCUT2D eigenvalue weighted by atomic mass is 10.4. The molecule has 0 rings (SSSR count). The monoisotopic (exact) mass is 434 g/mol. The summed E-state index contributed by atoms with van der Waals surface area (Å²) in [4.78, 5) is 1.31. The van der Waals surface area contributed by atoms with Crippen LogP contribution in [0.2, 0.25) is 24.2 Å². The summed E-state index contributed by atoms with van der Waals surface area (Å²) in [6.45, 7) is 14.2. The zero-order valence-corrected chi connectivity index (χ0v) is 22.7. The molecule has 2 nitrogen and oxygen atoms in total. The van der Waals surface area contributed by atoms with Crippen molar-refractivity contribution < 1.29 is 8.85 Å². The van der Waals surface area contributed by atoms with Crippen molar-refractivity contribution in [3.05, 3.63) is 0 Å². The smallest absolute Gasteiger partial charge is 0.204 e. The molecule has 0 heterocycles. The van der Waals surface area contributed by atoms with Crippen LogP contribution in [0.3, 0.4) is 0 Å². The van der Waals surface area contributed by atoms with Crippen molar-refractivity contribution in [2.75, 3.05) is 14.2 Å². The van der Waals surface area contributed by atoms with Crippen LogP contribution < -0.4 is 0 Å². The summed E-state index contributed by atoms with van der Waals surface area (Å²) >= 11 is 2.24. The van der Waals surface area contributed by atoms with Crippen LogP contribution in [0, 0.1) is 0 Å². The van der Waals surface area contributed by atoms with E-state index in [1.165, 1.54) is 75.5 Å². The van der Waals surface area contributed by atoms with Crippen LogP contribution >= 0.6 is 11.8 Å². The van der Waals surface area contributed by atoms with Crippen molar-refractivity contribution in [2.24, 2.45) is 0 Å². The first-order chi connectivity index (χ1) is 12.9. The zero-order chi connectivity index (χ0) is 20.8. The van der Waals surface area contributed by atoms with Crippen LogP contribution in [0.15, 0.2) is 0 Å². The minimum absolute atomic E-state index is 0.654. The van der Waals surface area contributed by atoms with Gasteiger partial charge in [-0.2, -0.15) is 11.8 Å². The van der Waals surface area contributed by atoms with Gasteiger partial charge in [-0.15, -0.1) is 0 Å². The number of rotatable bonds is 18. The van der Waals surface area contributed by atoms with Crippen molar-refractivity contribution >= 4 is 28.4 Å². The second kappa shape index (κ2) is 15.5. The molecule has 0 saturated carbocycles. The van der Waals surface area contributed by atoms with Gasteiger partial charge in [0, 0.05) is 24.0 Å². The Balaban J connectivity index is 5.38. The highest BCUT2D eigenvalue weighted by molar-refractivity contribution is 8.03. The molecule has 0 aromatic carbocycles. The lowest BCUT2D eigenvalue weighted by molar-refractivity contribution is 0.382. The number of thioether (sulfide) groups is 1. The van der Waals surface area contributed by atoms with Crippen LogP contribution in [0.1, 0.15) is 92.9 Å². The van der Waals surface area contributed by atoms with Gasteiger partial charge in [0.1, 0.15) is 0 Å². The van der Waals surface area contributed by atoms with E-state index in [9.17, 15) is 0 Å². The highest BCUT2D eigenvalue weighted by Gasteiger charge is 2.45. The fourth-order valence-electron chi connectivity index (χ4n) is 4.26. The number of hydrogen-bond donors (Lipinski definition) is 0. The van der Waals surface area contributed by atoms with Crippen molar-refractivity contribution in [1.82, 2.24) is 0 Å². The Kier molecular flexibility index (Phi) is 15.9. The molecule has 0 aliphatic heterocycles. The van der Waals surface area contributed by atoms with Gasteiger partial charge in [-0.3, -0.25) is 0 Å². The van der Waals surface area contributed by atoms with Crippen LogP contribution in [-0.4, -0.2) is 40.6 Å². The Hall–Kier alpha value is 0.704. The summed E-state index contributed by atoms with van der Waals surface area (Å²) in [5.74, 6) is 0. The summed E-state index contributed by atoms with van der Waals surface area (Å²) in [6.07, 6.45) is 10.4. The highest BCUT2D eigenvalue weighted by Crippen LogP contribution is 2.40. The quantitative estimate of drug-likeness (QED) is 0.204. The molecule has 2 unspecified atom stereocenters. The molecule has 0 spiro atoms. The topological polar surface area (TPSA) is 18.5 Å². The molecule has 2 atom stereocenters. The molecule has 0 aliphatic rings. The standard InChI is InChI=1S/C22H50O2SSi2/c1-9-13-17-26(23-7,18-14-10-2)21(5)25-22(6)27(24-8,19-15-11-3)20-16-12-4/h21-22H,9-20H2,1-8H3. The molecule has 27 heavy (non-hydrogen) atoms. The Bertz CT molecular complexity index is 307. The maximum absolute atomic E-state index is 6.41. The van der Waals surface area contributed by atoms with Crippen molar-refractivity contribution in [2.45, 2.75) is 127 Å². The summed E-state index contributed by atoms with van der Waals surface area (Å²) < 4.78 is 12.8. The fourth-order valence-corrected chi connectivity index (χ4v) is 17.9. The number of hydrogen-bond acceptors (Lipinski definition) is 3. The molecule has 0 bridgehead atoms. The Morgan fingerprint density at radius 1 is 0.593 bits per heavy atom. The molecule has 0 saturated heterocycles.